The molecule has 0 bridgehead atoms. The number of fused-ring (bicyclic) bond motifs is 8. The van der Waals surface area contributed by atoms with E-state index in [2.05, 4.69) is 147 Å². The van der Waals surface area contributed by atoms with Gasteiger partial charge >= 0.3 is 0 Å². The molecule has 1 spiro atoms. The highest BCUT2D eigenvalue weighted by Gasteiger charge is 2.54. The third-order valence-electron chi connectivity index (χ3n) is 9.86. The molecule has 8 rings (SSSR count). The molecular weight excluding hydrogens is 595 g/mol. The lowest BCUT2D eigenvalue weighted by Gasteiger charge is -2.32. The van der Waals surface area contributed by atoms with Crippen LogP contribution in [-0.4, -0.2) is 11.7 Å². The average molecular weight is 632 g/mol. The highest BCUT2D eigenvalue weighted by atomic mass is 15.0. The Kier molecular flexibility index (Phi) is 7.74. The molecule has 0 fully saturated rings. The largest absolute Gasteiger partial charge is 0.383 e. The van der Waals surface area contributed by atoms with Crippen LogP contribution in [0.5, 0.6) is 0 Å². The minimum absolute atomic E-state index is 0.429. The zero-order valence-corrected chi connectivity index (χ0v) is 27.8. The van der Waals surface area contributed by atoms with Gasteiger partial charge in [0.2, 0.25) is 0 Å². The fraction of sp³-hybridized carbons (Fsp3) is 0.0870. The van der Waals surface area contributed by atoms with E-state index in [0.29, 0.717) is 18.1 Å². The van der Waals surface area contributed by atoms with Gasteiger partial charge in [-0.05, 0) is 63.1 Å². The van der Waals surface area contributed by atoms with E-state index in [1.54, 1.807) is 0 Å². The van der Waals surface area contributed by atoms with Crippen LogP contribution in [0.15, 0.2) is 185 Å². The summed E-state index contributed by atoms with van der Waals surface area (Å²) in [6.45, 7) is 4.27. The highest BCUT2D eigenvalue weighted by molar-refractivity contribution is 6.16. The van der Waals surface area contributed by atoms with Crippen molar-refractivity contribution in [2.24, 2.45) is 15.7 Å². The Morgan fingerprint density at radius 2 is 1.20 bits per heavy atom. The van der Waals surface area contributed by atoms with Crippen molar-refractivity contribution in [2.45, 2.75) is 25.7 Å². The first-order valence-corrected chi connectivity index (χ1v) is 17.0. The van der Waals surface area contributed by atoms with E-state index in [-0.39, 0.29) is 0 Å². The van der Waals surface area contributed by atoms with E-state index >= 15 is 0 Å². The maximum atomic E-state index is 6.78. The van der Waals surface area contributed by atoms with Crippen LogP contribution < -0.4 is 5.73 Å². The Bertz CT molecular complexity index is 2340. The zero-order chi connectivity index (χ0) is 33.4. The van der Waals surface area contributed by atoms with Crippen LogP contribution in [0.25, 0.3) is 27.5 Å². The van der Waals surface area contributed by atoms with Crippen molar-refractivity contribution in [3.63, 3.8) is 0 Å². The third-order valence-corrected chi connectivity index (χ3v) is 9.86. The molecule has 0 heterocycles. The topological polar surface area (TPSA) is 50.7 Å². The van der Waals surface area contributed by atoms with Crippen LogP contribution in [0, 0.1) is 0 Å². The lowest BCUT2D eigenvalue weighted by Crippen LogP contribution is -2.27. The van der Waals surface area contributed by atoms with E-state index in [1.165, 1.54) is 44.5 Å². The number of hydrogen-bond acceptors (Lipinski definition) is 1. The summed E-state index contributed by atoms with van der Waals surface area (Å²) in [5, 5.41) is 2.21. The molecule has 3 nitrogen and oxygen atoms in total. The van der Waals surface area contributed by atoms with Gasteiger partial charge in [-0.3, -0.25) is 0 Å². The predicted molar refractivity (Wildman–Crippen MR) is 206 cm³/mol. The molecule has 3 heteroatoms. The maximum Gasteiger partial charge on any atom is 0.162 e. The van der Waals surface area contributed by atoms with Crippen LogP contribution in [0.2, 0.25) is 0 Å². The first-order chi connectivity index (χ1) is 24.2. The molecule has 2 aliphatic carbocycles. The Morgan fingerprint density at radius 3 is 1.88 bits per heavy atom. The van der Waals surface area contributed by atoms with Crippen LogP contribution >= 0.6 is 0 Å². The summed E-state index contributed by atoms with van der Waals surface area (Å²) in [6.07, 6.45) is 7.19. The van der Waals surface area contributed by atoms with Crippen molar-refractivity contribution < 1.29 is 0 Å². The summed E-state index contributed by atoms with van der Waals surface area (Å²) in [7, 11) is 0. The molecule has 0 aromatic heterocycles. The molecule has 0 amide bonds. The third kappa shape index (κ3) is 4.81. The number of hydrogen-bond donors (Lipinski definition) is 1. The van der Waals surface area contributed by atoms with Crippen molar-refractivity contribution in [1.29, 1.82) is 0 Å². The molecule has 6 aromatic rings. The Hall–Kier alpha value is -6.06. The lowest BCUT2D eigenvalue weighted by molar-refractivity contribution is 0.773. The number of nitrogens with zero attached hydrogens (tertiary/aromatic N) is 2. The number of nitrogens with two attached hydrogens (primary N) is 1. The Balaban J connectivity index is 1.51. The molecule has 2 aliphatic rings. The summed E-state index contributed by atoms with van der Waals surface area (Å²) in [4.78, 5) is 10.8. The summed E-state index contributed by atoms with van der Waals surface area (Å²) < 4.78 is 0. The fourth-order valence-corrected chi connectivity index (χ4v) is 7.84. The number of allylic oxidation sites excluding steroid dienone is 6. The standard InChI is InChI=1S/C46H37N3/c1-3-5-22-37-36-26-13-16-30-41(36)46(39-28-14-11-24-34(39)35-25-12-15-29-40(35)46)43(37)42(4-2)48-45(49-44(47)32-19-7-6-8-20-32)38-27-17-21-31-18-9-10-23-33(31)38/h3,5-30H,4H2,1-2H3,(H2,47,48,49)/b5-3-,37-22+,43-42+. The van der Waals surface area contributed by atoms with Gasteiger partial charge in [-0.2, -0.15) is 0 Å². The number of rotatable bonds is 5. The number of benzene rings is 6. The minimum atomic E-state index is -0.551. The van der Waals surface area contributed by atoms with Gasteiger partial charge in [-0.1, -0.05) is 171 Å². The van der Waals surface area contributed by atoms with E-state index in [9.17, 15) is 0 Å². The van der Waals surface area contributed by atoms with Crippen molar-refractivity contribution >= 4 is 28.0 Å². The van der Waals surface area contributed by atoms with E-state index < -0.39 is 5.41 Å². The molecule has 49 heavy (non-hydrogen) atoms. The molecule has 2 N–H and O–H groups in total. The molecule has 6 aromatic carbocycles. The molecule has 0 atom stereocenters. The Morgan fingerprint density at radius 1 is 0.633 bits per heavy atom. The SMILES string of the molecule is C\C=C/C=C1/C(=C(/CC)N=C(N=C(N)c2ccccc2)c2cccc3ccccc23)C2(c3ccccc31)c1ccccc1-c1ccccc12. The minimum Gasteiger partial charge on any atom is -0.383 e. The van der Waals surface area contributed by atoms with Crippen LogP contribution in [0.1, 0.15) is 53.6 Å². The average Bonchev–Trinajstić information content (AvgIpc) is 3.62. The van der Waals surface area contributed by atoms with E-state index in [0.717, 1.165) is 27.6 Å². The summed E-state index contributed by atoms with van der Waals surface area (Å²) in [5.74, 6) is 1.02. The first-order valence-electron chi connectivity index (χ1n) is 17.0. The summed E-state index contributed by atoms with van der Waals surface area (Å²) in [5.41, 5.74) is 19.0. The Labute approximate surface area is 288 Å². The van der Waals surface area contributed by atoms with Crippen molar-refractivity contribution in [3.8, 4) is 11.1 Å². The predicted octanol–water partition coefficient (Wildman–Crippen LogP) is 10.6. The maximum absolute atomic E-state index is 6.78. The normalized spacial score (nSPS) is 16.7. The van der Waals surface area contributed by atoms with Crippen LogP contribution in [0.3, 0.4) is 0 Å². The molecule has 0 unspecified atom stereocenters. The van der Waals surface area contributed by atoms with Gasteiger partial charge in [-0.25, -0.2) is 9.98 Å². The van der Waals surface area contributed by atoms with Gasteiger partial charge in [0, 0.05) is 22.4 Å². The quantitative estimate of drug-likeness (QED) is 0.149. The molecule has 0 aliphatic heterocycles. The fourth-order valence-electron chi connectivity index (χ4n) is 7.84. The van der Waals surface area contributed by atoms with Gasteiger partial charge in [0.1, 0.15) is 5.84 Å². The van der Waals surface area contributed by atoms with E-state index in [1.807, 2.05) is 30.3 Å². The van der Waals surface area contributed by atoms with Crippen molar-refractivity contribution in [3.05, 3.63) is 208 Å². The molecular formula is C46H37N3. The summed E-state index contributed by atoms with van der Waals surface area (Å²) >= 11 is 0. The molecule has 0 saturated heterocycles. The van der Waals surface area contributed by atoms with Gasteiger partial charge in [0.15, 0.2) is 5.84 Å². The zero-order valence-electron chi connectivity index (χ0n) is 27.8. The van der Waals surface area contributed by atoms with Gasteiger partial charge in [-0.15, -0.1) is 0 Å². The van der Waals surface area contributed by atoms with Gasteiger partial charge in [0.05, 0.1) is 5.41 Å². The second kappa shape index (κ2) is 12.5. The van der Waals surface area contributed by atoms with Crippen LogP contribution in [0.4, 0.5) is 0 Å². The van der Waals surface area contributed by atoms with Gasteiger partial charge in [0.25, 0.3) is 0 Å². The van der Waals surface area contributed by atoms with Crippen molar-refractivity contribution in [1.82, 2.24) is 0 Å². The second-order valence-electron chi connectivity index (χ2n) is 12.5. The number of amidine groups is 2. The molecule has 0 radical (unpaired) electrons. The lowest BCUT2D eigenvalue weighted by atomic mass is 9.69. The summed E-state index contributed by atoms with van der Waals surface area (Å²) in [6, 6.07) is 51.3. The van der Waals surface area contributed by atoms with E-state index in [4.69, 9.17) is 15.7 Å². The molecule has 236 valence electrons. The first kappa shape index (κ1) is 30.3. The highest BCUT2D eigenvalue weighted by Crippen LogP contribution is 2.64. The second-order valence-corrected chi connectivity index (χ2v) is 12.5. The monoisotopic (exact) mass is 631 g/mol. The van der Waals surface area contributed by atoms with Gasteiger partial charge < -0.3 is 5.73 Å². The van der Waals surface area contributed by atoms with Crippen molar-refractivity contribution in [2.75, 3.05) is 0 Å². The molecule has 0 saturated carbocycles. The van der Waals surface area contributed by atoms with Crippen LogP contribution in [-0.2, 0) is 5.41 Å². The smallest absolute Gasteiger partial charge is 0.162 e. The number of aliphatic imine (C=N–C) groups is 2.